The lowest BCUT2D eigenvalue weighted by atomic mass is 10.1. The molecular weight excluding hydrogens is 382 g/mol. The third-order valence-electron chi connectivity index (χ3n) is 5.33. The minimum absolute atomic E-state index is 0.0637. The molecular formula is C22H21N5O3. The van der Waals surface area contributed by atoms with E-state index in [1.165, 1.54) is 13.0 Å². The molecule has 3 N–H and O–H groups in total. The van der Waals surface area contributed by atoms with E-state index in [4.69, 9.17) is 5.26 Å². The highest BCUT2D eigenvalue weighted by Gasteiger charge is 2.43. The van der Waals surface area contributed by atoms with Crippen LogP contribution in [0.15, 0.2) is 42.5 Å². The molecule has 1 saturated carbocycles. The second kappa shape index (κ2) is 7.61. The zero-order chi connectivity index (χ0) is 21.3. The van der Waals surface area contributed by atoms with E-state index in [-0.39, 0.29) is 23.8 Å². The first-order valence-corrected chi connectivity index (χ1v) is 9.63. The Balaban J connectivity index is 1.71. The van der Waals surface area contributed by atoms with Gasteiger partial charge in [0.2, 0.25) is 11.9 Å². The zero-order valence-corrected chi connectivity index (χ0v) is 16.5. The number of anilines is 2. The third-order valence-corrected chi connectivity index (χ3v) is 5.33. The van der Waals surface area contributed by atoms with E-state index in [1.807, 2.05) is 16.7 Å². The van der Waals surface area contributed by atoms with Gasteiger partial charge in [-0.25, -0.2) is 4.98 Å². The molecule has 4 rings (SSSR count). The molecule has 2 aromatic carbocycles. The van der Waals surface area contributed by atoms with Crippen molar-refractivity contribution in [1.29, 1.82) is 5.26 Å². The van der Waals surface area contributed by atoms with Crippen molar-refractivity contribution in [3.8, 4) is 6.07 Å². The Labute approximate surface area is 173 Å². The standard InChI is InChI=1S/C22H21N5O3/c1-14(29)24-17-5-6-19-18(10-17)25-21(27(19)12-22(13-28)7-8-22)26-20(30)16-4-2-3-15(9-16)11-23/h2-6,9-10,28H,7-8,12-13H2,1H3,(H,24,29)(H,25,26,30). The molecule has 1 aromatic heterocycles. The molecule has 0 spiro atoms. The van der Waals surface area contributed by atoms with Crippen molar-refractivity contribution in [2.75, 3.05) is 17.2 Å². The van der Waals surface area contributed by atoms with E-state index in [0.717, 1.165) is 18.4 Å². The molecule has 2 amide bonds. The number of aromatic nitrogens is 2. The molecule has 0 aliphatic heterocycles. The summed E-state index contributed by atoms with van der Waals surface area (Å²) in [5.41, 5.74) is 2.58. The molecule has 0 unspecified atom stereocenters. The SMILES string of the molecule is CC(=O)Nc1ccc2c(c1)nc(NC(=O)c1cccc(C#N)c1)n2CC1(CO)CC1. The molecule has 8 nitrogen and oxygen atoms in total. The van der Waals surface area contributed by atoms with Gasteiger partial charge in [0.05, 0.1) is 29.3 Å². The fraction of sp³-hybridized carbons (Fsp3) is 0.273. The van der Waals surface area contributed by atoms with Crippen LogP contribution in [0.2, 0.25) is 0 Å². The van der Waals surface area contributed by atoms with Crippen LogP contribution in [0.3, 0.4) is 0 Å². The summed E-state index contributed by atoms with van der Waals surface area (Å²) in [7, 11) is 0. The summed E-state index contributed by atoms with van der Waals surface area (Å²) in [4.78, 5) is 28.7. The molecule has 0 radical (unpaired) electrons. The number of nitriles is 1. The summed E-state index contributed by atoms with van der Waals surface area (Å²) in [6, 6.07) is 13.8. The van der Waals surface area contributed by atoms with Gasteiger partial charge >= 0.3 is 0 Å². The number of carbonyl (C=O) groups is 2. The van der Waals surface area contributed by atoms with Crippen LogP contribution in [0.4, 0.5) is 11.6 Å². The van der Waals surface area contributed by atoms with Gasteiger partial charge in [-0.1, -0.05) is 6.07 Å². The molecule has 0 saturated heterocycles. The van der Waals surface area contributed by atoms with E-state index >= 15 is 0 Å². The lowest BCUT2D eigenvalue weighted by molar-refractivity contribution is -0.114. The Morgan fingerprint density at radius 3 is 2.70 bits per heavy atom. The van der Waals surface area contributed by atoms with Crippen molar-refractivity contribution < 1.29 is 14.7 Å². The first-order valence-electron chi connectivity index (χ1n) is 9.63. The Morgan fingerprint density at radius 2 is 2.03 bits per heavy atom. The first-order chi connectivity index (χ1) is 14.4. The second-order valence-corrected chi connectivity index (χ2v) is 7.71. The predicted molar refractivity (Wildman–Crippen MR) is 112 cm³/mol. The van der Waals surface area contributed by atoms with Crippen molar-refractivity contribution in [2.24, 2.45) is 5.41 Å². The van der Waals surface area contributed by atoms with Crippen LogP contribution in [0, 0.1) is 16.7 Å². The Hall–Kier alpha value is -3.70. The van der Waals surface area contributed by atoms with Gasteiger partial charge < -0.3 is 15.0 Å². The number of nitrogens with one attached hydrogen (secondary N) is 2. The lowest BCUT2D eigenvalue weighted by Crippen LogP contribution is -2.20. The minimum Gasteiger partial charge on any atom is -0.396 e. The maximum atomic E-state index is 12.8. The predicted octanol–water partition coefficient (Wildman–Crippen LogP) is 2.89. The first kappa shape index (κ1) is 19.6. The van der Waals surface area contributed by atoms with Crippen LogP contribution in [-0.4, -0.2) is 33.1 Å². The molecule has 0 bridgehead atoms. The highest BCUT2D eigenvalue weighted by Crippen LogP contribution is 2.47. The van der Waals surface area contributed by atoms with Crippen molar-refractivity contribution in [3.63, 3.8) is 0 Å². The number of nitrogens with zero attached hydrogens (tertiary/aromatic N) is 3. The highest BCUT2D eigenvalue weighted by atomic mass is 16.3. The van der Waals surface area contributed by atoms with Gasteiger partial charge in [-0.05, 0) is 49.2 Å². The van der Waals surface area contributed by atoms with Crippen LogP contribution >= 0.6 is 0 Å². The summed E-state index contributed by atoms with van der Waals surface area (Å²) in [5.74, 6) is -0.200. The number of amides is 2. The third kappa shape index (κ3) is 3.88. The van der Waals surface area contributed by atoms with Gasteiger partial charge in [-0.3, -0.25) is 14.9 Å². The van der Waals surface area contributed by atoms with E-state index in [0.29, 0.717) is 34.8 Å². The number of hydrogen-bond donors (Lipinski definition) is 3. The molecule has 30 heavy (non-hydrogen) atoms. The lowest BCUT2D eigenvalue weighted by Gasteiger charge is -2.16. The summed E-state index contributed by atoms with van der Waals surface area (Å²) in [6.45, 7) is 2.02. The highest BCUT2D eigenvalue weighted by molar-refractivity contribution is 6.04. The number of aliphatic hydroxyl groups excluding tert-OH is 1. The largest absolute Gasteiger partial charge is 0.396 e. The molecule has 0 atom stereocenters. The van der Waals surface area contributed by atoms with E-state index in [2.05, 4.69) is 15.6 Å². The van der Waals surface area contributed by atoms with E-state index < -0.39 is 0 Å². The van der Waals surface area contributed by atoms with Gasteiger partial charge in [-0.2, -0.15) is 5.26 Å². The smallest absolute Gasteiger partial charge is 0.258 e. The van der Waals surface area contributed by atoms with Crippen LogP contribution in [0.5, 0.6) is 0 Å². The topological polar surface area (TPSA) is 120 Å². The molecule has 1 aliphatic rings. The Bertz CT molecular complexity index is 1190. The molecule has 8 heteroatoms. The second-order valence-electron chi connectivity index (χ2n) is 7.71. The van der Waals surface area contributed by atoms with E-state index in [9.17, 15) is 14.7 Å². The van der Waals surface area contributed by atoms with Crippen molar-refractivity contribution in [1.82, 2.24) is 9.55 Å². The van der Waals surface area contributed by atoms with Crippen molar-refractivity contribution in [3.05, 3.63) is 53.6 Å². The number of aliphatic hydroxyl groups is 1. The van der Waals surface area contributed by atoms with Gasteiger partial charge in [0, 0.05) is 30.1 Å². The molecule has 1 aliphatic carbocycles. The van der Waals surface area contributed by atoms with Gasteiger partial charge in [0.1, 0.15) is 0 Å². The van der Waals surface area contributed by atoms with Crippen LogP contribution in [-0.2, 0) is 11.3 Å². The number of carbonyl (C=O) groups excluding carboxylic acids is 2. The quantitative estimate of drug-likeness (QED) is 0.584. The Kier molecular flexibility index (Phi) is 4.98. The average molecular weight is 403 g/mol. The number of hydrogen-bond acceptors (Lipinski definition) is 5. The average Bonchev–Trinajstić information content (AvgIpc) is 3.44. The number of rotatable bonds is 6. The maximum Gasteiger partial charge on any atom is 0.258 e. The summed E-state index contributed by atoms with van der Waals surface area (Å²) < 4.78 is 1.89. The van der Waals surface area contributed by atoms with Crippen molar-refractivity contribution in [2.45, 2.75) is 26.3 Å². The molecule has 152 valence electrons. The normalized spacial score (nSPS) is 14.2. The zero-order valence-electron chi connectivity index (χ0n) is 16.5. The van der Waals surface area contributed by atoms with Gasteiger partial charge in [0.15, 0.2) is 0 Å². The van der Waals surface area contributed by atoms with Crippen molar-refractivity contribution >= 4 is 34.5 Å². The number of imidazole rings is 1. The fourth-order valence-corrected chi connectivity index (χ4v) is 3.45. The van der Waals surface area contributed by atoms with Crippen LogP contribution in [0.25, 0.3) is 11.0 Å². The van der Waals surface area contributed by atoms with Crippen LogP contribution in [0.1, 0.15) is 35.7 Å². The molecule has 1 heterocycles. The van der Waals surface area contributed by atoms with Crippen LogP contribution < -0.4 is 10.6 Å². The van der Waals surface area contributed by atoms with E-state index in [1.54, 1.807) is 30.3 Å². The summed E-state index contributed by atoms with van der Waals surface area (Å²) in [5, 5.41) is 24.4. The van der Waals surface area contributed by atoms with Gasteiger partial charge in [-0.15, -0.1) is 0 Å². The molecule has 1 fully saturated rings. The maximum absolute atomic E-state index is 12.8. The monoisotopic (exact) mass is 403 g/mol. The van der Waals surface area contributed by atoms with Gasteiger partial charge in [0.25, 0.3) is 5.91 Å². The minimum atomic E-state index is -0.375. The number of fused-ring (bicyclic) bond motifs is 1. The fourth-order valence-electron chi connectivity index (χ4n) is 3.45. The summed E-state index contributed by atoms with van der Waals surface area (Å²) >= 11 is 0. The molecule has 3 aromatic rings. The Morgan fingerprint density at radius 1 is 1.23 bits per heavy atom. The summed E-state index contributed by atoms with van der Waals surface area (Å²) in [6.07, 6.45) is 1.81. The number of benzene rings is 2.